The number of ether oxygens (including phenoxy) is 3. The topological polar surface area (TPSA) is 44.8 Å². The number of carbonyl (C=O) groups excluding carboxylic acids is 1. The van der Waals surface area contributed by atoms with E-state index in [2.05, 4.69) is 12.1 Å². The van der Waals surface area contributed by atoms with E-state index in [9.17, 15) is 4.79 Å². The zero-order chi connectivity index (χ0) is 15.8. The van der Waals surface area contributed by atoms with Crippen LogP contribution in [0.25, 0.3) is 0 Å². The van der Waals surface area contributed by atoms with Crippen molar-refractivity contribution in [3.63, 3.8) is 0 Å². The molecule has 1 aromatic carbocycles. The summed E-state index contributed by atoms with van der Waals surface area (Å²) in [5, 5.41) is 0. The lowest BCUT2D eigenvalue weighted by Gasteiger charge is -2.32. The van der Waals surface area contributed by atoms with E-state index >= 15 is 0 Å². The van der Waals surface area contributed by atoms with Crippen LogP contribution < -0.4 is 0 Å². The molecule has 0 N–H and O–H groups in total. The monoisotopic (exact) mass is 306 g/mol. The van der Waals surface area contributed by atoms with Crippen LogP contribution in [0.5, 0.6) is 0 Å². The van der Waals surface area contributed by atoms with Gasteiger partial charge in [-0.2, -0.15) is 0 Å². The zero-order valence-electron chi connectivity index (χ0n) is 13.5. The van der Waals surface area contributed by atoms with Crippen molar-refractivity contribution in [2.24, 2.45) is 5.92 Å². The number of hydrogen-bond donors (Lipinski definition) is 0. The Morgan fingerprint density at radius 2 is 2.09 bits per heavy atom. The molecule has 0 aliphatic carbocycles. The first-order valence-electron chi connectivity index (χ1n) is 8.05. The molecule has 1 aromatic rings. The standard InChI is InChI=1S/C18H26O4/c1-14(18(19)20-2)17-10-6-9-16(22-17)11-12-21-13-15-7-4-3-5-8-15/h3-5,7-8,14,16-17H,6,9-13H2,1-2H3/t14-,16+,17-/m0/s1. The van der Waals surface area contributed by atoms with E-state index in [4.69, 9.17) is 14.2 Å². The fourth-order valence-corrected chi connectivity index (χ4v) is 2.83. The molecule has 0 unspecified atom stereocenters. The Balaban J connectivity index is 1.68. The summed E-state index contributed by atoms with van der Waals surface area (Å²) < 4.78 is 16.6. The first-order chi connectivity index (χ1) is 10.7. The minimum absolute atomic E-state index is 0.0275. The van der Waals surface area contributed by atoms with Crippen molar-refractivity contribution in [3.8, 4) is 0 Å². The maximum atomic E-state index is 11.6. The van der Waals surface area contributed by atoms with Crippen molar-refractivity contribution < 1.29 is 19.0 Å². The van der Waals surface area contributed by atoms with Crippen LogP contribution in [0.1, 0.15) is 38.2 Å². The highest BCUT2D eigenvalue weighted by Gasteiger charge is 2.30. The van der Waals surface area contributed by atoms with Crippen LogP contribution in [-0.2, 0) is 25.6 Å². The molecule has 0 saturated carbocycles. The molecular weight excluding hydrogens is 280 g/mol. The molecule has 1 aliphatic rings. The predicted octanol–water partition coefficient (Wildman–Crippen LogP) is 3.34. The van der Waals surface area contributed by atoms with Crippen LogP contribution in [-0.4, -0.2) is 31.9 Å². The van der Waals surface area contributed by atoms with Crippen LogP contribution in [0.15, 0.2) is 30.3 Å². The summed E-state index contributed by atoms with van der Waals surface area (Å²) in [7, 11) is 1.43. The predicted molar refractivity (Wildman–Crippen MR) is 84.4 cm³/mol. The van der Waals surface area contributed by atoms with Crippen molar-refractivity contribution in [2.75, 3.05) is 13.7 Å². The lowest BCUT2D eigenvalue weighted by Crippen LogP contribution is -2.36. The van der Waals surface area contributed by atoms with E-state index in [1.165, 1.54) is 12.7 Å². The number of benzene rings is 1. The third kappa shape index (κ3) is 5.11. The Kier molecular flexibility index (Phi) is 6.87. The summed E-state index contributed by atoms with van der Waals surface area (Å²) in [6.07, 6.45) is 4.09. The molecule has 1 saturated heterocycles. The maximum absolute atomic E-state index is 11.6. The van der Waals surface area contributed by atoms with Crippen LogP contribution in [0, 0.1) is 5.92 Å². The molecule has 0 spiro atoms. The minimum Gasteiger partial charge on any atom is -0.469 e. The van der Waals surface area contributed by atoms with Gasteiger partial charge in [-0.05, 0) is 38.2 Å². The highest BCUT2D eigenvalue weighted by molar-refractivity contribution is 5.72. The van der Waals surface area contributed by atoms with Crippen molar-refractivity contribution in [1.82, 2.24) is 0 Å². The summed E-state index contributed by atoms with van der Waals surface area (Å²) in [5.41, 5.74) is 1.18. The lowest BCUT2D eigenvalue weighted by atomic mass is 9.94. The first kappa shape index (κ1) is 17.0. The van der Waals surface area contributed by atoms with Crippen LogP contribution in [0.2, 0.25) is 0 Å². The SMILES string of the molecule is COC(=O)[C@@H](C)[C@@H]1CCC[C@H](CCOCc2ccccc2)O1. The normalized spacial score (nSPS) is 23.0. The van der Waals surface area contributed by atoms with Gasteiger partial charge in [0, 0.05) is 6.61 Å². The smallest absolute Gasteiger partial charge is 0.311 e. The molecular formula is C18H26O4. The van der Waals surface area contributed by atoms with Gasteiger partial charge in [-0.15, -0.1) is 0 Å². The summed E-state index contributed by atoms with van der Waals surface area (Å²) in [4.78, 5) is 11.6. The molecule has 4 nitrogen and oxygen atoms in total. The van der Waals surface area contributed by atoms with Gasteiger partial charge in [-0.25, -0.2) is 0 Å². The van der Waals surface area contributed by atoms with E-state index in [1.807, 2.05) is 25.1 Å². The van der Waals surface area contributed by atoms with Gasteiger partial charge in [0.2, 0.25) is 0 Å². The number of hydrogen-bond acceptors (Lipinski definition) is 4. The van der Waals surface area contributed by atoms with Gasteiger partial charge in [-0.3, -0.25) is 4.79 Å². The van der Waals surface area contributed by atoms with Crippen molar-refractivity contribution in [3.05, 3.63) is 35.9 Å². The summed E-state index contributed by atoms with van der Waals surface area (Å²) in [5.74, 6) is -0.385. The first-order valence-corrected chi connectivity index (χ1v) is 8.05. The lowest BCUT2D eigenvalue weighted by molar-refractivity contribution is -0.156. The molecule has 122 valence electrons. The molecule has 1 aliphatic heterocycles. The summed E-state index contributed by atoms with van der Waals surface area (Å²) >= 11 is 0. The molecule has 0 bridgehead atoms. The van der Waals surface area contributed by atoms with Gasteiger partial charge in [0.05, 0.1) is 31.8 Å². The zero-order valence-corrected chi connectivity index (χ0v) is 13.5. The molecule has 3 atom stereocenters. The third-order valence-electron chi connectivity index (χ3n) is 4.21. The van der Waals surface area contributed by atoms with Gasteiger partial charge >= 0.3 is 5.97 Å². The van der Waals surface area contributed by atoms with Gasteiger partial charge in [-0.1, -0.05) is 30.3 Å². The number of carbonyl (C=O) groups is 1. The Bertz CT molecular complexity index is 446. The highest BCUT2D eigenvalue weighted by Crippen LogP contribution is 2.26. The fourth-order valence-electron chi connectivity index (χ4n) is 2.83. The Labute approximate surface area is 132 Å². The molecule has 2 rings (SSSR count). The Morgan fingerprint density at radius 3 is 2.82 bits per heavy atom. The molecule has 1 fully saturated rings. The van der Waals surface area contributed by atoms with Gasteiger partial charge < -0.3 is 14.2 Å². The van der Waals surface area contributed by atoms with E-state index in [0.717, 1.165) is 25.7 Å². The van der Waals surface area contributed by atoms with Crippen molar-refractivity contribution >= 4 is 5.97 Å². The molecule has 0 aromatic heterocycles. The van der Waals surface area contributed by atoms with Gasteiger partial charge in [0.15, 0.2) is 0 Å². The number of methoxy groups -OCH3 is 1. The Hall–Kier alpha value is -1.39. The van der Waals surface area contributed by atoms with E-state index in [0.29, 0.717) is 13.2 Å². The second kappa shape index (κ2) is 8.91. The molecule has 1 heterocycles. The van der Waals surface area contributed by atoms with E-state index in [-0.39, 0.29) is 24.1 Å². The average Bonchev–Trinajstić information content (AvgIpc) is 2.58. The quantitative estimate of drug-likeness (QED) is 0.572. The highest BCUT2D eigenvalue weighted by atomic mass is 16.5. The second-order valence-electron chi connectivity index (χ2n) is 5.87. The van der Waals surface area contributed by atoms with Crippen LogP contribution in [0.3, 0.4) is 0 Å². The van der Waals surface area contributed by atoms with Crippen molar-refractivity contribution in [2.45, 2.75) is 51.4 Å². The van der Waals surface area contributed by atoms with E-state index in [1.54, 1.807) is 0 Å². The molecule has 0 amide bonds. The van der Waals surface area contributed by atoms with Crippen molar-refractivity contribution in [1.29, 1.82) is 0 Å². The van der Waals surface area contributed by atoms with Crippen LogP contribution in [0.4, 0.5) is 0 Å². The largest absolute Gasteiger partial charge is 0.469 e. The van der Waals surface area contributed by atoms with Crippen LogP contribution >= 0.6 is 0 Å². The number of esters is 1. The fraction of sp³-hybridized carbons (Fsp3) is 0.611. The second-order valence-corrected chi connectivity index (χ2v) is 5.87. The summed E-state index contributed by atoms with van der Waals surface area (Å²) in [6, 6.07) is 10.2. The Morgan fingerprint density at radius 1 is 1.32 bits per heavy atom. The third-order valence-corrected chi connectivity index (χ3v) is 4.21. The van der Waals surface area contributed by atoms with Gasteiger partial charge in [0.25, 0.3) is 0 Å². The minimum atomic E-state index is -0.196. The van der Waals surface area contributed by atoms with E-state index < -0.39 is 0 Å². The van der Waals surface area contributed by atoms with Gasteiger partial charge in [0.1, 0.15) is 0 Å². The maximum Gasteiger partial charge on any atom is 0.311 e. The molecule has 4 heteroatoms. The number of rotatable bonds is 7. The molecule has 22 heavy (non-hydrogen) atoms. The average molecular weight is 306 g/mol. The summed E-state index contributed by atoms with van der Waals surface area (Å²) in [6.45, 7) is 3.19. The molecule has 0 radical (unpaired) electrons.